The molecule has 1 aliphatic rings. The summed E-state index contributed by atoms with van der Waals surface area (Å²) in [6.45, 7) is 0.0192. The van der Waals surface area contributed by atoms with Gasteiger partial charge in [0.15, 0.2) is 5.75 Å². The Kier molecular flexibility index (Phi) is 5.69. The molecule has 154 valence electrons. The van der Waals surface area contributed by atoms with Crippen LogP contribution in [0.15, 0.2) is 27.8 Å². The third kappa shape index (κ3) is 3.60. The van der Waals surface area contributed by atoms with Gasteiger partial charge >= 0.3 is 0 Å². The summed E-state index contributed by atoms with van der Waals surface area (Å²) in [5, 5.41) is 25.9. The first-order valence-electron chi connectivity index (χ1n) is 9.36. The zero-order valence-electron chi connectivity index (χ0n) is 16.0. The number of hydrogen-bond acceptors (Lipinski definition) is 7. The number of carbonyl (C=O) groups excluding carboxylic acids is 1. The first kappa shape index (κ1) is 19.9. The number of aliphatic hydroxyl groups is 1. The van der Waals surface area contributed by atoms with Gasteiger partial charge in [0.2, 0.25) is 0 Å². The van der Waals surface area contributed by atoms with Gasteiger partial charge < -0.3 is 25.7 Å². The van der Waals surface area contributed by atoms with Gasteiger partial charge in [0.05, 0.1) is 11.3 Å². The Bertz CT molecular complexity index is 957. The molecule has 28 heavy (non-hydrogen) atoms. The van der Waals surface area contributed by atoms with E-state index >= 15 is 0 Å². The predicted octanol–water partition coefficient (Wildman–Crippen LogP) is 1.89. The van der Waals surface area contributed by atoms with E-state index in [9.17, 15) is 24.6 Å². The summed E-state index contributed by atoms with van der Waals surface area (Å²) in [5.41, 5.74) is -0.801. The molecule has 0 saturated heterocycles. The Morgan fingerprint density at radius 2 is 1.86 bits per heavy atom. The second kappa shape index (κ2) is 8.02. The number of nitrogens with zero attached hydrogens (tertiary/aromatic N) is 1. The highest BCUT2D eigenvalue weighted by Gasteiger charge is 2.29. The molecule has 8 heteroatoms. The molecule has 2 atom stereocenters. The van der Waals surface area contributed by atoms with E-state index in [1.54, 1.807) is 20.2 Å². The van der Waals surface area contributed by atoms with E-state index in [2.05, 4.69) is 10.6 Å². The van der Waals surface area contributed by atoms with Crippen molar-refractivity contribution in [1.29, 1.82) is 0 Å². The van der Waals surface area contributed by atoms with E-state index in [-0.39, 0.29) is 55.7 Å². The molecule has 1 saturated carbocycles. The Balaban J connectivity index is 0.00000225. The monoisotopic (exact) mass is 391 g/mol. The molecular weight excluding hydrogens is 362 g/mol. The number of carbonyl (C=O) groups is 1. The number of phenols is 1. The molecule has 0 aromatic heterocycles. The van der Waals surface area contributed by atoms with Crippen molar-refractivity contribution in [2.45, 2.75) is 31.7 Å². The number of amides is 1. The minimum Gasteiger partial charge on any atom is -0.505 e. The summed E-state index contributed by atoms with van der Waals surface area (Å²) >= 11 is 0. The van der Waals surface area contributed by atoms with Crippen molar-refractivity contribution in [3.8, 4) is 5.75 Å². The molecular formula is C20H29N3O5. The average molecular weight is 391 g/mol. The summed E-state index contributed by atoms with van der Waals surface area (Å²) in [7, 11) is 3.14. The summed E-state index contributed by atoms with van der Waals surface area (Å²) in [6, 6.07) is 4.51. The standard InChI is InChI=1S/C20H25N3O5.2H2/c1-23(2)20(28)12-7-5-9-14(17(12)25)22-16-15(18(26)19(16)27)21-13-8-4-3-6-11(13)10-24;;/h5,7,9,11,13,21-22,24-25H,3-4,6,8,10H2,1-2H3;2*1H/t11-,13-;;/m0../s1. The van der Waals surface area contributed by atoms with Crippen LogP contribution in [0.3, 0.4) is 0 Å². The number of aromatic hydroxyl groups is 1. The minimum absolute atomic E-state index is 0. The molecule has 0 aliphatic heterocycles. The van der Waals surface area contributed by atoms with Crippen LogP contribution < -0.4 is 21.5 Å². The molecule has 2 aromatic carbocycles. The molecule has 1 aliphatic carbocycles. The molecule has 1 fully saturated rings. The van der Waals surface area contributed by atoms with E-state index in [1.807, 2.05) is 0 Å². The number of para-hydroxylation sites is 1. The molecule has 0 heterocycles. The van der Waals surface area contributed by atoms with Crippen LogP contribution in [-0.2, 0) is 0 Å². The van der Waals surface area contributed by atoms with Crippen LogP contribution in [0.2, 0.25) is 0 Å². The number of anilines is 3. The van der Waals surface area contributed by atoms with Crippen molar-refractivity contribution in [1.82, 2.24) is 4.90 Å². The van der Waals surface area contributed by atoms with Crippen LogP contribution >= 0.6 is 0 Å². The van der Waals surface area contributed by atoms with Crippen molar-refractivity contribution in [2.24, 2.45) is 5.92 Å². The normalized spacial score (nSPS) is 19.4. The van der Waals surface area contributed by atoms with E-state index in [4.69, 9.17) is 0 Å². The number of phenolic OH excluding ortho intramolecular Hbond substituents is 1. The number of aliphatic hydroxyl groups excluding tert-OH is 1. The first-order chi connectivity index (χ1) is 13.3. The molecule has 8 nitrogen and oxygen atoms in total. The lowest BCUT2D eigenvalue weighted by atomic mass is 9.84. The van der Waals surface area contributed by atoms with Crippen molar-refractivity contribution < 1.29 is 17.9 Å². The van der Waals surface area contributed by atoms with E-state index in [0.29, 0.717) is 0 Å². The minimum atomic E-state index is -0.678. The zero-order chi connectivity index (χ0) is 20.4. The second-order valence-electron chi connectivity index (χ2n) is 7.41. The maximum Gasteiger partial charge on any atom is 0.257 e. The van der Waals surface area contributed by atoms with Gasteiger partial charge in [-0.25, -0.2) is 0 Å². The van der Waals surface area contributed by atoms with E-state index < -0.39 is 10.9 Å². The van der Waals surface area contributed by atoms with Crippen LogP contribution in [0.4, 0.5) is 17.1 Å². The highest BCUT2D eigenvalue weighted by Crippen LogP contribution is 2.33. The van der Waals surface area contributed by atoms with E-state index in [0.717, 1.165) is 25.7 Å². The van der Waals surface area contributed by atoms with Crippen molar-refractivity contribution in [3.05, 3.63) is 44.2 Å². The van der Waals surface area contributed by atoms with Gasteiger partial charge in [0.1, 0.15) is 11.4 Å². The lowest BCUT2D eigenvalue weighted by Crippen LogP contribution is -2.42. The topological polar surface area (TPSA) is 119 Å². The number of nitrogens with one attached hydrogen (secondary N) is 2. The maximum atomic E-state index is 12.2. The quantitative estimate of drug-likeness (QED) is 0.438. The Hall–Kier alpha value is -2.87. The fourth-order valence-corrected chi connectivity index (χ4v) is 3.64. The zero-order valence-corrected chi connectivity index (χ0v) is 16.0. The molecule has 0 unspecified atom stereocenters. The highest BCUT2D eigenvalue weighted by molar-refractivity contribution is 5.99. The van der Waals surface area contributed by atoms with Crippen molar-refractivity contribution in [2.75, 3.05) is 31.3 Å². The van der Waals surface area contributed by atoms with Crippen LogP contribution in [0.1, 0.15) is 38.9 Å². The summed E-state index contributed by atoms with van der Waals surface area (Å²) in [6.07, 6.45) is 3.69. The first-order valence-corrected chi connectivity index (χ1v) is 9.36. The molecule has 3 rings (SSSR count). The molecule has 0 bridgehead atoms. The van der Waals surface area contributed by atoms with Gasteiger partial charge in [-0.05, 0) is 25.0 Å². The van der Waals surface area contributed by atoms with E-state index in [1.165, 1.54) is 17.0 Å². The molecule has 2 aromatic rings. The molecule has 1 amide bonds. The highest BCUT2D eigenvalue weighted by atomic mass is 16.3. The van der Waals surface area contributed by atoms with Gasteiger partial charge in [-0.15, -0.1) is 0 Å². The van der Waals surface area contributed by atoms with Crippen molar-refractivity contribution >= 4 is 23.0 Å². The summed E-state index contributed by atoms with van der Waals surface area (Å²) < 4.78 is 0. The fraction of sp³-hybridized carbons (Fsp3) is 0.450. The molecule has 0 radical (unpaired) electrons. The van der Waals surface area contributed by atoms with Crippen LogP contribution in [0, 0.1) is 5.92 Å². The van der Waals surface area contributed by atoms with Crippen LogP contribution in [-0.4, -0.2) is 47.8 Å². The second-order valence-corrected chi connectivity index (χ2v) is 7.41. The average Bonchev–Trinajstić information content (AvgIpc) is 2.71. The van der Waals surface area contributed by atoms with Crippen molar-refractivity contribution in [3.63, 3.8) is 0 Å². The predicted molar refractivity (Wildman–Crippen MR) is 111 cm³/mol. The number of rotatable bonds is 6. The molecule has 0 spiro atoms. The third-order valence-corrected chi connectivity index (χ3v) is 5.32. The van der Waals surface area contributed by atoms with Gasteiger partial charge in [-0.2, -0.15) is 0 Å². The van der Waals surface area contributed by atoms with Gasteiger partial charge in [0, 0.05) is 35.5 Å². The smallest absolute Gasteiger partial charge is 0.257 e. The lowest BCUT2D eigenvalue weighted by Gasteiger charge is -2.32. The van der Waals surface area contributed by atoms with Gasteiger partial charge in [-0.3, -0.25) is 14.4 Å². The Morgan fingerprint density at radius 1 is 1.18 bits per heavy atom. The summed E-state index contributed by atoms with van der Waals surface area (Å²) in [5.74, 6) is -0.635. The Morgan fingerprint density at radius 3 is 2.54 bits per heavy atom. The van der Waals surface area contributed by atoms with Gasteiger partial charge in [-0.1, -0.05) is 18.9 Å². The SMILES string of the molecule is CN(C)C(=O)c1cccc(Nc2c(N[C@H]3CCCC[C@H]3CO)c(=O)c2=O)c1O.[HH].[HH]. The number of hydrogen-bond donors (Lipinski definition) is 4. The molecule has 4 N–H and O–H groups in total. The maximum absolute atomic E-state index is 12.2. The Labute approximate surface area is 165 Å². The van der Waals surface area contributed by atoms with Crippen LogP contribution in [0.25, 0.3) is 0 Å². The largest absolute Gasteiger partial charge is 0.505 e. The van der Waals surface area contributed by atoms with Gasteiger partial charge in [0.25, 0.3) is 16.8 Å². The fourth-order valence-electron chi connectivity index (χ4n) is 3.64. The summed E-state index contributed by atoms with van der Waals surface area (Å²) in [4.78, 5) is 37.7. The number of benzene rings is 1. The third-order valence-electron chi connectivity index (χ3n) is 5.32. The van der Waals surface area contributed by atoms with Crippen LogP contribution in [0.5, 0.6) is 5.75 Å². The lowest BCUT2D eigenvalue weighted by molar-refractivity contribution is 0.0824.